The van der Waals surface area contributed by atoms with Crippen LogP contribution in [0.4, 0.5) is 5.82 Å². The zero-order chi connectivity index (χ0) is 21.0. The minimum Gasteiger partial charge on any atom is -0.497 e. The van der Waals surface area contributed by atoms with Crippen molar-refractivity contribution in [3.63, 3.8) is 0 Å². The number of fused-ring (bicyclic) bond motifs is 1. The Labute approximate surface area is 168 Å². The lowest BCUT2D eigenvalue weighted by Crippen LogP contribution is -2.34. The van der Waals surface area contributed by atoms with Crippen molar-refractivity contribution >= 4 is 28.5 Å². The molecule has 3 rings (SSSR count). The molecule has 0 N–H and O–H groups in total. The van der Waals surface area contributed by atoms with Crippen molar-refractivity contribution in [2.75, 3.05) is 19.1 Å². The van der Waals surface area contributed by atoms with Crippen LogP contribution in [0.5, 0.6) is 11.5 Å². The standard InChI is InChI=1S/C22H19N3O4/c1-14(26)25(15(2)27)22-19-11-16(6-9-20(19)23-13-24-22)5-7-17-12-18(28-3)8-10-21(17)29-4/h6,8-13H,1-4H3. The van der Waals surface area contributed by atoms with Gasteiger partial charge in [-0.3, -0.25) is 9.59 Å². The second-order valence-corrected chi connectivity index (χ2v) is 6.12. The Kier molecular flexibility index (Phi) is 5.74. The van der Waals surface area contributed by atoms with Gasteiger partial charge in [0, 0.05) is 24.8 Å². The fourth-order valence-electron chi connectivity index (χ4n) is 2.87. The lowest BCUT2D eigenvalue weighted by atomic mass is 10.1. The number of anilines is 1. The van der Waals surface area contributed by atoms with Gasteiger partial charge < -0.3 is 9.47 Å². The van der Waals surface area contributed by atoms with Crippen LogP contribution in [-0.2, 0) is 9.59 Å². The number of carbonyl (C=O) groups excluding carboxylic acids is 2. The molecule has 146 valence electrons. The molecular weight excluding hydrogens is 370 g/mol. The second kappa shape index (κ2) is 8.40. The summed E-state index contributed by atoms with van der Waals surface area (Å²) < 4.78 is 10.6. The molecule has 0 radical (unpaired) electrons. The Morgan fingerprint density at radius 3 is 2.34 bits per heavy atom. The van der Waals surface area contributed by atoms with Gasteiger partial charge in [-0.25, -0.2) is 14.9 Å². The lowest BCUT2D eigenvalue weighted by Gasteiger charge is -2.17. The molecule has 0 bridgehead atoms. The van der Waals surface area contributed by atoms with Crippen molar-refractivity contribution in [2.45, 2.75) is 13.8 Å². The van der Waals surface area contributed by atoms with E-state index in [-0.39, 0.29) is 5.82 Å². The second-order valence-electron chi connectivity index (χ2n) is 6.12. The van der Waals surface area contributed by atoms with Gasteiger partial charge in [0.2, 0.25) is 11.8 Å². The third kappa shape index (κ3) is 4.17. The Bertz CT molecular complexity index is 1150. The molecule has 0 aliphatic rings. The maximum Gasteiger partial charge on any atom is 0.231 e. The summed E-state index contributed by atoms with van der Waals surface area (Å²) in [6.45, 7) is 2.63. The van der Waals surface area contributed by atoms with Crippen LogP contribution >= 0.6 is 0 Å². The first-order chi connectivity index (χ1) is 13.9. The zero-order valence-electron chi connectivity index (χ0n) is 16.5. The van der Waals surface area contributed by atoms with E-state index in [1.54, 1.807) is 44.6 Å². The molecule has 7 nitrogen and oxygen atoms in total. The predicted octanol–water partition coefficient (Wildman–Crippen LogP) is 2.95. The normalized spacial score (nSPS) is 10.1. The van der Waals surface area contributed by atoms with Crippen LogP contribution in [0.1, 0.15) is 25.0 Å². The van der Waals surface area contributed by atoms with Crippen molar-refractivity contribution in [3.8, 4) is 23.3 Å². The van der Waals surface area contributed by atoms with Gasteiger partial charge in [0.1, 0.15) is 17.8 Å². The topological polar surface area (TPSA) is 81.6 Å². The summed E-state index contributed by atoms with van der Waals surface area (Å²) in [5, 5.41) is 0.558. The highest BCUT2D eigenvalue weighted by Crippen LogP contribution is 2.25. The summed E-state index contributed by atoms with van der Waals surface area (Å²) in [5.74, 6) is 6.83. The number of ether oxygens (including phenoxy) is 2. The summed E-state index contributed by atoms with van der Waals surface area (Å²) in [5.41, 5.74) is 1.95. The fraction of sp³-hybridized carbons (Fsp3) is 0.182. The SMILES string of the molecule is COc1ccc(OC)c(C#Cc2ccc3ncnc(N(C(C)=O)C(C)=O)c3c2)c1. The summed E-state index contributed by atoms with van der Waals surface area (Å²) in [7, 11) is 3.16. The van der Waals surface area contributed by atoms with Gasteiger partial charge in [0.05, 0.1) is 25.3 Å². The van der Waals surface area contributed by atoms with Gasteiger partial charge in [0.25, 0.3) is 0 Å². The van der Waals surface area contributed by atoms with E-state index in [0.717, 1.165) is 4.90 Å². The molecule has 2 amide bonds. The molecule has 0 aliphatic heterocycles. The largest absolute Gasteiger partial charge is 0.497 e. The van der Waals surface area contributed by atoms with Gasteiger partial charge in [-0.05, 0) is 36.4 Å². The minimum absolute atomic E-state index is 0.234. The molecule has 3 aromatic rings. The third-order valence-electron chi connectivity index (χ3n) is 4.20. The van der Waals surface area contributed by atoms with Crippen molar-refractivity contribution in [2.24, 2.45) is 0 Å². The number of aromatic nitrogens is 2. The molecule has 0 unspecified atom stereocenters. The van der Waals surface area contributed by atoms with Gasteiger partial charge >= 0.3 is 0 Å². The Morgan fingerprint density at radius 1 is 0.931 bits per heavy atom. The van der Waals surface area contributed by atoms with Crippen LogP contribution in [0.2, 0.25) is 0 Å². The summed E-state index contributed by atoms with van der Waals surface area (Å²) in [6.07, 6.45) is 1.32. The fourth-order valence-corrected chi connectivity index (χ4v) is 2.87. The molecule has 0 atom stereocenters. The number of nitrogens with zero attached hydrogens (tertiary/aromatic N) is 3. The van der Waals surface area contributed by atoms with Crippen molar-refractivity contribution < 1.29 is 19.1 Å². The van der Waals surface area contributed by atoms with Crippen LogP contribution in [0.25, 0.3) is 10.9 Å². The number of benzene rings is 2. The summed E-state index contributed by atoms with van der Waals surface area (Å²) in [6, 6.07) is 10.7. The van der Waals surface area contributed by atoms with Crippen molar-refractivity contribution in [3.05, 3.63) is 53.9 Å². The highest BCUT2D eigenvalue weighted by Gasteiger charge is 2.20. The number of methoxy groups -OCH3 is 2. The van der Waals surface area contributed by atoms with E-state index in [1.165, 1.54) is 20.2 Å². The third-order valence-corrected chi connectivity index (χ3v) is 4.20. The van der Waals surface area contributed by atoms with E-state index in [2.05, 4.69) is 21.8 Å². The monoisotopic (exact) mass is 389 g/mol. The first-order valence-corrected chi connectivity index (χ1v) is 8.74. The number of imide groups is 1. The van der Waals surface area contributed by atoms with Crippen LogP contribution < -0.4 is 14.4 Å². The smallest absolute Gasteiger partial charge is 0.231 e. The molecule has 1 heterocycles. The number of rotatable bonds is 3. The molecule has 2 aromatic carbocycles. The highest BCUT2D eigenvalue weighted by atomic mass is 16.5. The Hall–Kier alpha value is -3.92. The van der Waals surface area contributed by atoms with Gasteiger partial charge in [0.15, 0.2) is 5.82 Å². The van der Waals surface area contributed by atoms with E-state index in [4.69, 9.17) is 9.47 Å². The molecule has 29 heavy (non-hydrogen) atoms. The average molecular weight is 389 g/mol. The van der Waals surface area contributed by atoms with Gasteiger partial charge in [-0.15, -0.1) is 0 Å². The number of amides is 2. The molecule has 1 aromatic heterocycles. The quantitative estimate of drug-likeness (QED) is 0.641. The lowest BCUT2D eigenvalue weighted by molar-refractivity contribution is -0.124. The highest BCUT2D eigenvalue weighted by molar-refractivity contribution is 6.16. The zero-order valence-corrected chi connectivity index (χ0v) is 16.5. The van der Waals surface area contributed by atoms with Crippen LogP contribution in [0.15, 0.2) is 42.7 Å². The van der Waals surface area contributed by atoms with E-state index < -0.39 is 11.8 Å². The van der Waals surface area contributed by atoms with Crippen LogP contribution in [0, 0.1) is 11.8 Å². The summed E-state index contributed by atoms with van der Waals surface area (Å²) >= 11 is 0. The molecule has 0 aliphatic carbocycles. The van der Waals surface area contributed by atoms with E-state index in [1.807, 2.05) is 6.07 Å². The van der Waals surface area contributed by atoms with Crippen LogP contribution in [0.3, 0.4) is 0 Å². The predicted molar refractivity (Wildman–Crippen MR) is 109 cm³/mol. The first-order valence-electron chi connectivity index (χ1n) is 8.74. The number of hydrogen-bond donors (Lipinski definition) is 0. The maximum atomic E-state index is 11.9. The Balaban J connectivity index is 2.10. The molecule has 0 saturated carbocycles. The minimum atomic E-state index is -0.421. The van der Waals surface area contributed by atoms with E-state index in [9.17, 15) is 9.59 Å². The number of carbonyl (C=O) groups is 2. The van der Waals surface area contributed by atoms with Gasteiger partial charge in [-0.2, -0.15) is 0 Å². The molecular formula is C22H19N3O4. The Morgan fingerprint density at radius 2 is 1.69 bits per heavy atom. The average Bonchev–Trinajstić information content (AvgIpc) is 2.71. The maximum absolute atomic E-state index is 11.9. The first kappa shape index (κ1) is 19.8. The molecule has 7 heteroatoms. The molecule has 0 fully saturated rings. The van der Waals surface area contributed by atoms with Gasteiger partial charge in [-0.1, -0.05) is 11.8 Å². The number of hydrogen-bond acceptors (Lipinski definition) is 6. The van der Waals surface area contributed by atoms with Crippen LogP contribution in [-0.4, -0.2) is 36.0 Å². The molecule has 0 saturated heterocycles. The van der Waals surface area contributed by atoms with E-state index >= 15 is 0 Å². The van der Waals surface area contributed by atoms with Crippen molar-refractivity contribution in [1.29, 1.82) is 0 Å². The summed E-state index contributed by atoms with van der Waals surface area (Å²) in [4.78, 5) is 33.3. The molecule has 0 spiro atoms. The van der Waals surface area contributed by atoms with E-state index in [0.29, 0.717) is 33.5 Å². The van der Waals surface area contributed by atoms with Crippen molar-refractivity contribution in [1.82, 2.24) is 9.97 Å².